The van der Waals surface area contributed by atoms with E-state index in [1.807, 2.05) is 19.2 Å². The molecule has 0 radical (unpaired) electrons. The predicted molar refractivity (Wildman–Crippen MR) is 70.9 cm³/mol. The molecule has 5 nitrogen and oxygen atoms in total. The van der Waals surface area contributed by atoms with Crippen molar-refractivity contribution in [2.45, 2.75) is 18.9 Å². The molecule has 19 heavy (non-hydrogen) atoms. The second-order valence-corrected chi connectivity index (χ2v) is 4.75. The number of carboxylic acid groups (broad SMARTS) is 1. The largest absolute Gasteiger partial charge is 0.493 e. The van der Waals surface area contributed by atoms with Crippen LogP contribution in [0, 0.1) is 0 Å². The molecule has 1 aromatic rings. The van der Waals surface area contributed by atoms with Crippen molar-refractivity contribution in [2.75, 3.05) is 27.8 Å². The second-order valence-electron chi connectivity index (χ2n) is 4.75. The van der Waals surface area contributed by atoms with Gasteiger partial charge < -0.3 is 14.6 Å². The van der Waals surface area contributed by atoms with Gasteiger partial charge in [0.2, 0.25) is 0 Å². The minimum absolute atomic E-state index is 0.0962. The van der Waals surface area contributed by atoms with Gasteiger partial charge >= 0.3 is 5.97 Å². The third-order valence-electron chi connectivity index (χ3n) is 3.64. The van der Waals surface area contributed by atoms with Crippen molar-refractivity contribution in [2.24, 2.45) is 0 Å². The van der Waals surface area contributed by atoms with Gasteiger partial charge in [0.25, 0.3) is 0 Å². The summed E-state index contributed by atoms with van der Waals surface area (Å²) in [4.78, 5) is 13.1. The van der Waals surface area contributed by atoms with Gasteiger partial charge in [-0.15, -0.1) is 0 Å². The van der Waals surface area contributed by atoms with E-state index in [4.69, 9.17) is 14.6 Å². The Morgan fingerprint density at radius 1 is 1.37 bits per heavy atom. The van der Waals surface area contributed by atoms with Crippen molar-refractivity contribution in [3.05, 3.63) is 23.3 Å². The fraction of sp³-hybridized carbons (Fsp3) is 0.500. The minimum atomic E-state index is -0.792. The maximum atomic E-state index is 11.0. The molecule has 104 valence electrons. The molecule has 1 heterocycles. The molecule has 1 N–H and O–H groups in total. The van der Waals surface area contributed by atoms with E-state index in [0.29, 0.717) is 11.5 Å². The summed E-state index contributed by atoms with van der Waals surface area (Å²) < 4.78 is 10.6. The van der Waals surface area contributed by atoms with Gasteiger partial charge in [0.05, 0.1) is 20.6 Å². The minimum Gasteiger partial charge on any atom is -0.493 e. The molecular weight excluding hydrogens is 246 g/mol. The smallest absolute Gasteiger partial charge is 0.305 e. The number of likely N-dealkylation sites (N-methyl/N-ethyl adjacent to an activating group) is 1. The summed E-state index contributed by atoms with van der Waals surface area (Å²) in [5.74, 6) is 0.548. The molecule has 1 aliphatic heterocycles. The summed E-state index contributed by atoms with van der Waals surface area (Å²) in [6, 6.07) is 3.74. The zero-order valence-corrected chi connectivity index (χ0v) is 11.5. The topological polar surface area (TPSA) is 59.0 Å². The molecule has 0 aromatic heterocycles. The van der Waals surface area contributed by atoms with Crippen LogP contribution in [-0.4, -0.2) is 43.8 Å². The average molecular weight is 265 g/mol. The number of fused-ring (bicyclic) bond motifs is 1. The van der Waals surface area contributed by atoms with Crippen molar-refractivity contribution in [3.8, 4) is 11.5 Å². The average Bonchev–Trinajstić information content (AvgIpc) is 2.40. The first-order chi connectivity index (χ1) is 9.06. The Morgan fingerprint density at radius 2 is 2.00 bits per heavy atom. The number of carboxylic acids is 1. The molecule has 0 bridgehead atoms. The molecule has 2 rings (SSSR count). The number of nitrogens with zero attached hydrogens (tertiary/aromatic N) is 1. The van der Waals surface area contributed by atoms with E-state index in [2.05, 4.69) is 4.90 Å². The molecule has 0 spiro atoms. The van der Waals surface area contributed by atoms with Crippen LogP contribution < -0.4 is 9.47 Å². The van der Waals surface area contributed by atoms with Gasteiger partial charge in [0, 0.05) is 12.6 Å². The van der Waals surface area contributed by atoms with Gasteiger partial charge in [0.15, 0.2) is 11.5 Å². The number of benzene rings is 1. The van der Waals surface area contributed by atoms with Crippen LogP contribution >= 0.6 is 0 Å². The van der Waals surface area contributed by atoms with E-state index in [-0.39, 0.29) is 12.5 Å². The van der Waals surface area contributed by atoms with E-state index in [0.717, 1.165) is 24.1 Å². The molecule has 0 fully saturated rings. The maximum absolute atomic E-state index is 11.0. The molecule has 5 heteroatoms. The Kier molecular flexibility index (Phi) is 3.95. The SMILES string of the molecule is COc1cc2c(cc1OC)[C@@H](CC(=O)O)N(C)CC2. The highest BCUT2D eigenvalue weighted by Gasteiger charge is 2.28. The lowest BCUT2D eigenvalue weighted by Crippen LogP contribution is -2.33. The fourth-order valence-electron chi connectivity index (χ4n) is 2.58. The lowest BCUT2D eigenvalue weighted by atomic mass is 9.90. The summed E-state index contributed by atoms with van der Waals surface area (Å²) in [5.41, 5.74) is 2.16. The third kappa shape index (κ3) is 2.66. The molecule has 0 unspecified atom stereocenters. The highest BCUT2D eigenvalue weighted by Crippen LogP contribution is 2.38. The molecule has 0 saturated heterocycles. The first-order valence-corrected chi connectivity index (χ1v) is 6.23. The summed E-state index contributed by atoms with van der Waals surface area (Å²) in [5, 5.41) is 9.05. The van der Waals surface area contributed by atoms with E-state index in [9.17, 15) is 4.79 Å². The number of methoxy groups -OCH3 is 2. The van der Waals surface area contributed by atoms with Crippen molar-refractivity contribution in [3.63, 3.8) is 0 Å². The van der Waals surface area contributed by atoms with Crippen LogP contribution in [0.5, 0.6) is 11.5 Å². The molecule has 1 atom stereocenters. The number of hydrogen-bond acceptors (Lipinski definition) is 4. The maximum Gasteiger partial charge on any atom is 0.305 e. The van der Waals surface area contributed by atoms with Gasteiger partial charge in [-0.1, -0.05) is 0 Å². The van der Waals surface area contributed by atoms with Gasteiger partial charge in [0.1, 0.15) is 0 Å². The van der Waals surface area contributed by atoms with Crippen molar-refractivity contribution in [1.82, 2.24) is 4.90 Å². The summed E-state index contributed by atoms with van der Waals surface area (Å²) in [6.45, 7) is 0.848. The zero-order valence-electron chi connectivity index (χ0n) is 11.5. The second kappa shape index (κ2) is 5.48. The number of hydrogen-bond donors (Lipinski definition) is 1. The monoisotopic (exact) mass is 265 g/mol. The Hall–Kier alpha value is -1.75. The van der Waals surface area contributed by atoms with E-state index >= 15 is 0 Å². The summed E-state index contributed by atoms with van der Waals surface area (Å²) in [6.07, 6.45) is 0.987. The van der Waals surface area contributed by atoms with Gasteiger partial charge in [-0.25, -0.2) is 0 Å². The first-order valence-electron chi connectivity index (χ1n) is 6.23. The first kappa shape index (κ1) is 13.7. The van der Waals surface area contributed by atoms with Gasteiger partial charge in [-0.05, 0) is 36.7 Å². The van der Waals surface area contributed by atoms with Gasteiger partial charge in [-0.3, -0.25) is 9.69 Å². The highest BCUT2D eigenvalue weighted by molar-refractivity contribution is 5.68. The van der Waals surface area contributed by atoms with Crippen LogP contribution in [0.4, 0.5) is 0 Å². The molecule has 0 amide bonds. The van der Waals surface area contributed by atoms with E-state index < -0.39 is 5.97 Å². The standard InChI is InChI=1S/C14H19NO4/c1-15-5-4-9-6-12(18-2)13(19-3)7-10(9)11(15)8-14(16)17/h6-7,11H,4-5,8H2,1-3H3,(H,16,17)/t11-/m1/s1. The van der Waals surface area contributed by atoms with Crippen LogP contribution in [0.1, 0.15) is 23.6 Å². The number of carbonyl (C=O) groups is 1. The zero-order chi connectivity index (χ0) is 14.0. The normalized spacial score (nSPS) is 18.8. The third-order valence-corrected chi connectivity index (χ3v) is 3.64. The summed E-state index contributed by atoms with van der Waals surface area (Å²) in [7, 11) is 5.14. The molecular formula is C14H19NO4. The van der Waals surface area contributed by atoms with E-state index in [1.54, 1.807) is 14.2 Å². The molecule has 1 aliphatic rings. The Balaban J connectivity index is 2.45. The molecule has 0 aliphatic carbocycles. The van der Waals surface area contributed by atoms with Crippen LogP contribution in [0.3, 0.4) is 0 Å². The lowest BCUT2D eigenvalue weighted by Gasteiger charge is -2.34. The van der Waals surface area contributed by atoms with Crippen LogP contribution in [-0.2, 0) is 11.2 Å². The molecule has 0 saturated carbocycles. The Bertz CT molecular complexity index is 487. The predicted octanol–water partition coefficient (Wildman–Crippen LogP) is 1.71. The Morgan fingerprint density at radius 3 is 2.58 bits per heavy atom. The fourth-order valence-corrected chi connectivity index (χ4v) is 2.58. The Labute approximate surface area is 112 Å². The number of rotatable bonds is 4. The van der Waals surface area contributed by atoms with Crippen LogP contribution in [0.2, 0.25) is 0 Å². The quantitative estimate of drug-likeness (QED) is 0.898. The lowest BCUT2D eigenvalue weighted by molar-refractivity contribution is -0.138. The van der Waals surface area contributed by atoms with Gasteiger partial charge in [-0.2, -0.15) is 0 Å². The number of ether oxygens (including phenoxy) is 2. The summed E-state index contributed by atoms with van der Waals surface area (Å²) >= 11 is 0. The van der Waals surface area contributed by atoms with Crippen molar-refractivity contribution >= 4 is 5.97 Å². The van der Waals surface area contributed by atoms with Crippen LogP contribution in [0.25, 0.3) is 0 Å². The highest BCUT2D eigenvalue weighted by atomic mass is 16.5. The molecule has 1 aromatic carbocycles. The number of aliphatic carboxylic acids is 1. The van der Waals surface area contributed by atoms with E-state index in [1.165, 1.54) is 0 Å². The van der Waals surface area contributed by atoms with Crippen molar-refractivity contribution in [1.29, 1.82) is 0 Å². The van der Waals surface area contributed by atoms with Crippen LogP contribution in [0.15, 0.2) is 12.1 Å². The van der Waals surface area contributed by atoms with Crippen molar-refractivity contribution < 1.29 is 19.4 Å².